The average Bonchev–Trinajstić information content (AvgIpc) is 3.20. The minimum absolute atomic E-state index is 0.0730. The molecule has 4 heterocycles. The SMILES string of the molecule is Cc1[nH]c(=O)cc(C(F)(F)F)c1C(=O)Nc1cc(C2=CC3CCC(C2)N3C(=O)OC(C)(C)C)c(F)cc1N1C[C@@H](C)N(C)[C@@H](C)C1. The van der Waals surface area contributed by atoms with E-state index < -0.39 is 46.3 Å². The number of benzene rings is 1. The summed E-state index contributed by atoms with van der Waals surface area (Å²) in [6.45, 7) is 11.6. The highest BCUT2D eigenvalue weighted by Gasteiger charge is 2.42. The van der Waals surface area contributed by atoms with Crippen LogP contribution in [0, 0.1) is 12.7 Å². The predicted octanol–water partition coefficient (Wildman–Crippen LogP) is 6.18. The number of halogens is 4. The molecule has 4 atom stereocenters. The summed E-state index contributed by atoms with van der Waals surface area (Å²) in [7, 11) is 1.99. The van der Waals surface area contributed by atoms with Crippen molar-refractivity contribution in [1.82, 2.24) is 14.8 Å². The third-order valence-electron chi connectivity index (χ3n) is 9.14. The highest BCUT2D eigenvalue weighted by molar-refractivity contribution is 6.08. The number of aryl methyl sites for hydroxylation is 1. The van der Waals surface area contributed by atoms with Gasteiger partial charge in [0.15, 0.2) is 0 Å². The number of nitrogens with zero attached hydrogens (tertiary/aromatic N) is 3. The Labute approximate surface area is 265 Å². The zero-order valence-electron chi connectivity index (χ0n) is 27.1. The zero-order valence-corrected chi connectivity index (χ0v) is 27.1. The van der Waals surface area contributed by atoms with E-state index in [0.29, 0.717) is 49.7 Å². The molecule has 1 aromatic carbocycles. The Morgan fingerprint density at radius 2 is 1.70 bits per heavy atom. The molecule has 0 spiro atoms. The molecule has 2 saturated heterocycles. The zero-order chi connectivity index (χ0) is 33.9. The summed E-state index contributed by atoms with van der Waals surface area (Å²) in [6, 6.07) is 2.78. The fraction of sp³-hybridized carbons (Fsp3) is 0.545. The number of aromatic nitrogens is 1. The second-order valence-corrected chi connectivity index (χ2v) is 13.7. The molecule has 0 radical (unpaired) electrons. The van der Waals surface area contributed by atoms with Gasteiger partial charge in [-0.2, -0.15) is 13.2 Å². The maximum absolute atomic E-state index is 16.1. The number of piperazine rings is 1. The molecule has 2 amide bonds. The first kappa shape index (κ1) is 33.5. The molecule has 2 N–H and O–H groups in total. The van der Waals surface area contributed by atoms with Gasteiger partial charge >= 0.3 is 12.3 Å². The number of likely N-dealkylation sites (N-methyl/N-ethyl adjacent to an activating group) is 1. The molecule has 5 rings (SSSR count). The number of alkyl halides is 3. The van der Waals surface area contributed by atoms with Crippen LogP contribution in [-0.4, -0.2) is 76.7 Å². The first-order chi connectivity index (χ1) is 21.3. The van der Waals surface area contributed by atoms with Crippen LogP contribution in [0.15, 0.2) is 29.1 Å². The highest BCUT2D eigenvalue weighted by atomic mass is 19.4. The number of rotatable bonds is 4. The first-order valence-electron chi connectivity index (χ1n) is 15.5. The number of carbonyl (C=O) groups excluding carboxylic acids is 2. The van der Waals surface area contributed by atoms with Crippen molar-refractivity contribution >= 4 is 28.9 Å². The van der Waals surface area contributed by atoms with Gasteiger partial charge in [-0.1, -0.05) is 6.08 Å². The summed E-state index contributed by atoms with van der Waals surface area (Å²) in [4.78, 5) is 46.6. The predicted molar refractivity (Wildman–Crippen MR) is 168 cm³/mol. The van der Waals surface area contributed by atoms with Gasteiger partial charge in [0, 0.05) is 48.5 Å². The summed E-state index contributed by atoms with van der Waals surface area (Å²) in [5.41, 5.74) is -2.64. The Morgan fingerprint density at radius 3 is 2.28 bits per heavy atom. The van der Waals surface area contributed by atoms with E-state index in [1.165, 1.54) is 19.1 Å². The smallest absolute Gasteiger partial charge is 0.417 e. The van der Waals surface area contributed by atoms with Gasteiger partial charge in [0.2, 0.25) is 5.56 Å². The van der Waals surface area contributed by atoms with Crippen molar-refractivity contribution in [3.63, 3.8) is 0 Å². The Bertz CT molecular complexity index is 1620. The summed E-state index contributed by atoms with van der Waals surface area (Å²) >= 11 is 0. The van der Waals surface area contributed by atoms with Crippen LogP contribution in [0.4, 0.5) is 33.7 Å². The molecule has 1 aromatic heterocycles. The van der Waals surface area contributed by atoms with Gasteiger partial charge in [-0.25, -0.2) is 9.18 Å². The van der Waals surface area contributed by atoms with Gasteiger partial charge in [0.05, 0.1) is 28.5 Å². The van der Waals surface area contributed by atoms with Gasteiger partial charge in [-0.05, 0) is 85.6 Å². The van der Waals surface area contributed by atoms with Crippen LogP contribution >= 0.6 is 0 Å². The van der Waals surface area contributed by atoms with Crippen LogP contribution in [0.3, 0.4) is 0 Å². The summed E-state index contributed by atoms with van der Waals surface area (Å²) in [5, 5.41) is 2.64. The highest BCUT2D eigenvalue weighted by Crippen LogP contribution is 2.43. The molecule has 2 bridgehead atoms. The molecule has 3 aliphatic rings. The Hall–Kier alpha value is -3.87. The van der Waals surface area contributed by atoms with Crippen LogP contribution in [-0.2, 0) is 10.9 Å². The molecule has 250 valence electrons. The van der Waals surface area contributed by atoms with Crippen LogP contribution < -0.4 is 15.8 Å². The Balaban J connectivity index is 1.57. The fourth-order valence-corrected chi connectivity index (χ4v) is 6.79. The largest absolute Gasteiger partial charge is 0.444 e. The third-order valence-corrected chi connectivity index (χ3v) is 9.14. The lowest BCUT2D eigenvalue weighted by Gasteiger charge is -2.44. The number of amides is 2. The topological polar surface area (TPSA) is 98.0 Å². The number of aromatic amines is 1. The number of H-pyrrole nitrogens is 1. The molecule has 0 aliphatic carbocycles. The van der Waals surface area contributed by atoms with Gasteiger partial charge < -0.3 is 19.9 Å². The lowest BCUT2D eigenvalue weighted by Crippen LogP contribution is -2.55. The van der Waals surface area contributed by atoms with E-state index in [9.17, 15) is 27.6 Å². The summed E-state index contributed by atoms with van der Waals surface area (Å²) in [5.74, 6) is -1.62. The molecule has 46 heavy (non-hydrogen) atoms. The molecule has 2 unspecified atom stereocenters. The number of hydrogen-bond donors (Lipinski definition) is 2. The van der Waals surface area contributed by atoms with Crippen molar-refractivity contribution in [2.45, 2.75) is 96.7 Å². The number of pyridine rings is 1. The van der Waals surface area contributed by atoms with Crippen molar-refractivity contribution in [1.29, 1.82) is 0 Å². The van der Waals surface area contributed by atoms with E-state index in [0.717, 1.165) is 0 Å². The van der Waals surface area contributed by atoms with Crippen LogP contribution in [0.25, 0.3) is 5.57 Å². The van der Waals surface area contributed by atoms with E-state index in [1.54, 1.807) is 25.7 Å². The molecule has 2 fully saturated rings. The second kappa shape index (κ2) is 12.1. The number of ether oxygens (including phenoxy) is 1. The number of hydrogen-bond acceptors (Lipinski definition) is 6. The monoisotopic (exact) mass is 647 g/mol. The Kier molecular flexibility index (Phi) is 8.78. The number of nitrogens with one attached hydrogen (secondary N) is 2. The molecule has 13 heteroatoms. The minimum atomic E-state index is -4.96. The standard InChI is InChI=1S/C33H41F4N5O4/c1-17-15-41(16-18(2)40(17)7)27-14-25(34)23(20-10-21-8-9-22(11-20)42(21)31(45)46-32(4,5)6)12-26(27)39-30(44)29-19(3)38-28(43)13-24(29)33(35,36)37/h10,12-14,17-18,21-22H,8-9,11,15-16H2,1-7H3,(H,38,43)(H,39,44)/t17-,18+,21?,22?. The first-order valence-corrected chi connectivity index (χ1v) is 15.5. The van der Waals surface area contributed by atoms with Crippen molar-refractivity contribution in [3.8, 4) is 0 Å². The van der Waals surface area contributed by atoms with E-state index in [1.807, 2.05) is 31.9 Å². The maximum Gasteiger partial charge on any atom is 0.417 e. The van der Waals surface area contributed by atoms with Crippen molar-refractivity contribution in [3.05, 3.63) is 62.8 Å². The lowest BCUT2D eigenvalue weighted by molar-refractivity contribution is -0.138. The van der Waals surface area contributed by atoms with E-state index in [-0.39, 0.29) is 41.1 Å². The molecule has 0 saturated carbocycles. The fourth-order valence-electron chi connectivity index (χ4n) is 6.79. The Morgan fingerprint density at radius 1 is 1.04 bits per heavy atom. The van der Waals surface area contributed by atoms with Crippen molar-refractivity contribution in [2.24, 2.45) is 0 Å². The van der Waals surface area contributed by atoms with Crippen LogP contribution in [0.1, 0.15) is 81.1 Å². The number of carbonyl (C=O) groups is 2. The van der Waals surface area contributed by atoms with E-state index >= 15 is 4.39 Å². The van der Waals surface area contributed by atoms with Crippen molar-refractivity contribution < 1.29 is 31.9 Å². The molecule has 2 aromatic rings. The molecule has 9 nitrogen and oxygen atoms in total. The van der Waals surface area contributed by atoms with Crippen molar-refractivity contribution in [2.75, 3.05) is 30.4 Å². The molecular weight excluding hydrogens is 606 g/mol. The lowest BCUT2D eigenvalue weighted by atomic mass is 9.93. The third kappa shape index (κ3) is 6.65. The maximum atomic E-state index is 16.1. The summed E-state index contributed by atoms with van der Waals surface area (Å²) < 4.78 is 63.6. The van der Waals surface area contributed by atoms with Gasteiger partial charge in [-0.15, -0.1) is 0 Å². The minimum Gasteiger partial charge on any atom is -0.444 e. The van der Waals surface area contributed by atoms with E-state index in [2.05, 4.69) is 15.2 Å². The summed E-state index contributed by atoms with van der Waals surface area (Å²) in [6.07, 6.45) is -1.83. The number of fused-ring (bicyclic) bond motifs is 2. The van der Waals surface area contributed by atoms with Gasteiger partial charge in [-0.3, -0.25) is 19.4 Å². The quantitative estimate of drug-likeness (QED) is 0.385. The van der Waals surface area contributed by atoms with Gasteiger partial charge in [0.25, 0.3) is 5.91 Å². The normalized spacial score (nSPS) is 23.8. The number of anilines is 2. The molecule has 3 aliphatic heterocycles. The van der Waals surface area contributed by atoms with Crippen LogP contribution in [0.2, 0.25) is 0 Å². The van der Waals surface area contributed by atoms with Gasteiger partial charge in [0.1, 0.15) is 11.4 Å². The second-order valence-electron chi connectivity index (χ2n) is 13.7. The van der Waals surface area contributed by atoms with E-state index in [4.69, 9.17) is 4.74 Å². The molecular formula is C33H41F4N5O4. The average molecular weight is 648 g/mol. The van der Waals surface area contributed by atoms with Crippen LogP contribution in [0.5, 0.6) is 0 Å².